The van der Waals surface area contributed by atoms with Gasteiger partial charge in [0.15, 0.2) is 0 Å². The molecule has 1 aromatic rings. The fourth-order valence-electron chi connectivity index (χ4n) is 1.16. The highest BCUT2D eigenvalue weighted by molar-refractivity contribution is 7.89. The molecule has 0 bridgehead atoms. The van der Waals surface area contributed by atoms with Gasteiger partial charge in [0, 0.05) is 6.07 Å². The fourth-order valence-corrected chi connectivity index (χ4v) is 1.95. The van der Waals surface area contributed by atoms with E-state index in [0.717, 1.165) is 6.07 Å². The lowest BCUT2D eigenvalue weighted by molar-refractivity contribution is -0.384. The first kappa shape index (κ1) is 11.4. The van der Waals surface area contributed by atoms with E-state index in [9.17, 15) is 18.5 Å². The number of hydrogen-bond acceptors (Lipinski definition) is 5. The Hall–Kier alpha value is -1.67. The van der Waals surface area contributed by atoms with Crippen LogP contribution < -0.4 is 10.9 Å². The van der Waals surface area contributed by atoms with Crippen LogP contribution in [0.1, 0.15) is 5.56 Å². The number of sulfonamides is 1. The lowest BCUT2D eigenvalue weighted by atomic mass is 10.2. The first-order chi connectivity index (χ1) is 6.73. The summed E-state index contributed by atoms with van der Waals surface area (Å²) >= 11 is 0. The number of nitro groups is 1. The van der Waals surface area contributed by atoms with Gasteiger partial charge in [-0.15, -0.1) is 0 Å². The van der Waals surface area contributed by atoms with E-state index in [2.05, 4.69) is 0 Å². The quantitative estimate of drug-likeness (QED) is 0.424. The summed E-state index contributed by atoms with van der Waals surface area (Å²) in [7, 11) is -3.97. The maximum Gasteiger partial charge on any atom is 0.293 e. The van der Waals surface area contributed by atoms with Gasteiger partial charge in [-0.2, -0.15) is 0 Å². The van der Waals surface area contributed by atoms with Crippen molar-refractivity contribution >= 4 is 21.4 Å². The average Bonchev–Trinajstić information content (AvgIpc) is 2.00. The molecule has 0 atom stereocenters. The summed E-state index contributed by atoms with van der Waals surface area (Å²) in [6.07, 6.45) is 0. The van der Waals surface area contributed by atoms with Crippen molar-refractivity contribution in [3.8, 4) is 0 Å². The van der Waals surface area contributed by atoms with Crippen LogP contribution in [0.25, 0.3) is 0 Å². The molecule has 82 valence electrons. The minimum atomic E-state index is -3.97. The van der Waals surface area contributed by atoms with E-state index in [4.69, 9.17) is 10.9 Å². The highest BCUT2D eigenvalue weighted by atomic mass is 32.2. The number of hydrogen-bond donors (Lipinski definition) is 2. The molecule has 0 saturated carbocycles. The van der Waals surface area contributed by atoms with Gasteiger partial charge < -0.3 is 5.73 Å². The average molecular weight is 231 g/mol. The summed E-state index contributed by atoms with van der Waals surface area (Å²) in [5.74, 6) is 0. The number of nitro benzene ring substituents is 1. The Balaban J connectivity index is 3.58. The molecule has 0 aliphatic carbocycles. The Labute approximate surface area is 85.9 Å². The summed E-state index contributed by atoms with van der Waals surface area (Å²) in [6.45, 7) is 1.46. The van der Waals surface area contributed by atoms with E-state index >= 15 is 0 Å². The van der Waals surface area contributed by atoms with Gasteiger partial charge in [-0.25, -0.2) is 13.6 Å². The topological polar surface area (TPSA) is 129 Å². The molecule has 1 aromatic carbocycles. The van der Waals surface area contributed by atoms with E-state index in [1.165, 1.54) is 13.0 Å². The van der Waals surface area contributed by atoms with Crippen molar-refractivity contribution in [2.75, 3.05) is 5.73 Å². The van der Waals surface area contributed by atoms with Crippen LogP contribution in [0.3, 0.4) is 0 Å². The summed E-state index contributed by atoms with van der Waals surface area (Å²) in [5.41, 5.74) is 5.07. The largest absolute Gasteiger partial charge is 0.393 e. The predicted octanol–water partition coefficient (Wildman–Crippen LogP) is 0.133. The van der Waals surface area contributed by atoms with Crippen molar-refractivity contribution in [3.63, 3.8) is 0 Å². The van der Waals surface area contributed by atoms with Gasteiger partial charge in [0.1, 0.15) is 5.69 Å². The molecule has 8 heteroatoms. The van der Waals surface area contributed by atoms with Crippen LogP contribution in [-0.4, -0.2) is 13.3 Å². The molecular weight excluding hydrogens is 222 g/mol. The molecule has 0 aliphatic rings. The highest BCUT2D eigenvalue weighted by Crippen LogP contribution is 2.27. The number of nitrogens with zero attached hydrogens (tertiary/aromatic N) is 1. The highest BCUT2D eigenvalue weighted by Gasteiger charge is 2.19. The lowest BCUT2D eigenvalue weighted by Gasteiger charge is -2.04. The van der Waals surface area contributed by atoms with Crippen molar-refractivity contribution in [3.05, 3.63) is 27.8 Å². The standard InChI is InChI=1S/C7H9N3O4S/c1-4-2-5(8)6(10(11)12)3-7(4)15(9,13)14/h2-3H,8H2,1H3,(H2,9,13,14). The lowest BCUT2D eigenvalue weighted by Crippen LogP contribution is -2.14. The van der Waals surface area contributed by atoms with Crippen molar-refractivity contribution < 1.29 is 13.3 Å². The second-order valence-corrected chi connectivity index (χ2v) is 4.51. The molecule has 0 aromatic heterocycles. The molecule has 7 nitrogen and oxygen atoms in total. The first-order valence-corrected chi connectivity index (χ1v) is 5.35. The maximum absolute atomic E-state index is 11.1. The number of benzene rings is 1. The van der Waals surface area contributed by atoms with Crippen molar-refractivity contribution in [2.24, 2.45) is 5.14 Å². The van der Waals surface area contributed by atoms with Gasteiger partial charge in [0.05, 0.1) is 9.82 Å². The van der Waals surface area contributed by atoms with Gasteiger partial charge in [-0.05, 0) is 18.6 Å². The van der Waals surface area contributed by atoms with E-state index in [1.807, 2.05) is 0 Å². The zero-order valence-electron chi connectivity index (χ0n) is 7.80. The van der Waals surface area contributed by atoms with Gasteiger partial charge in [0.2, 0.25) is 10.0 Å². The molecule has 0 heterocycles. The summed E-state index contributed by atoms with van der Waals surface area (Å²) in [6, 6.07) is 2.07. The minimum absolute atomic E-state index is 0.0927. The molecule has 15 heavy (non-hydrogen) atoms. The minimum Gasteiger partial charge on any atom is -0.393 e. The number of aryl methyl sites for hydroxylation is 1. The SMILES string of the molecule is Cc1cc(N)c([N+](=O)[O-])cc1S(N)(=O)=O. The number of nitrogens with two attached hydrogens (primary N) is 2. The number of nitrogen functional groups attached to an aromatic ring is 1. The molecule has 0 aliphatic heterocycles. The summed E-state index contributed by atoms with van der Waals surface area (Å²) < 4.78 is 22.1. The molecule has 0 amide bonds. The summed E-state index contributed by atoms with van der Waals surface area (Å²) in [4.78, 5) is 9.45. The van der Waals surface area contributed by atoms with Crippen molar-refractivity contribution in [2.45, 2.75) is 11.8 Å². The van der Waals surface area contributed by atoms with Crippen LogP contribution in [0.15, 0.2) is 17.0 Å². The van der Waals surface area contributed by atoms with E-state index in [0.29, 0.717) is 0 Å². The van der Waals surface area contributed by atoms with Crippen LogP contribution in [0.5, 0.6) is 0 Å². The fraction of sp³-hybridized carbons (Fsp3) is 0.143. The van der Waals surface area contributed by atoms with Crippen LogP contribution >= 0.6 is 0 Å². The Morgan fingerprint density at radius 3 is 2.33 bits per heavy atom. The first-order valence-electron chi connectivity index (χ1n) is 3.81. The number of anilines is 1. The van der Waals surface area contributed by atoms with Crippen molar-refractivity contribution in [1.82, 2.24) is 0 Å². The van der Waals surface area contributed by atoms with E-state index in [1.54, 1.807) is 0 Å². The van der Waals surface area contributed by atoms with Gasteiger partial charge in [-0.3, -0.25) is 10.1 Å². The Kier molecular flexibility index (Phi) is 2.65. The molecular formula is C7H9N3O4S. The zero-order valence-corrected chi connectivity index (χ0v) is 8.61. The Morgan fingerprint density at radius 1 is 1.40 bits per heavy atom. The zero-order chi connectivity index (χ0) is 11.8. The van der Waals surface area contributed by atoms with Gasteiger partial charge >= 0.3 is 0 Å². The second-order valence-electron chi connectivity index (χ2n) is 2.98. The third-order valence-electron chi connectivity index (χ3n) is 1.83. The molecule has 1 rings (SSSR count). The van der Waals surface area contributed by atoms with Crippen LogP contribution in [-0.2, 0) is 10.0 Å². The van der Waals surface area contributed by atoms with E-state index in [-0.39, 0.29) is 16.1 Å². The monoisotopic (exact) mass is 231 g/mol. The predicted molar refractivity (Wildman–Crippen MR) is 53.6 cm³/mol. The Morgan fingerprint density at radius 2 is 1.93 bits per heavy atom. The van der Waals surface area contributed by atoms with Crippen molar-refractivity contribution in [1.29, 1.82) is 0 Å². The summed E-state index contributed by atoms with van der Waals surface area (Å²) in [5, 5.41) is 15.4. The van der Waals surface area contributed by atoms with Crippen LogP contribution in [0.4, 0.5) is 11.4 Å². The molecule has 4 N–H and O–H groups in total. The molecule has 0 radical (unpaired) electrons. The third kappa shape index (κ3) is 2.22. The smallest absolute Gasteiger partial charge is 0.293 e. The molecule has 0 spiro atoms. The molecule has 0 unspecified atom stereocenters. The van der Waals surface area contributed by atoms with E-state index < -0.39 is 20.6 Å². The third-order valence-corrected chi connectivity index (χ3v) is 2.88. The Bertz CT molecular complexity index is 523. The normalized spacial score (nSPS) is 11.3. The maximum atomic E-state index is 11.1. The van der Waals surface area contributed by atoms with Gasteiger partial charge in [-0.1, -0.05) is 0 Å². The number of primary sulfonamides is 1. The van der Waals surface area contributed by atoms with Crippen LogP contribution in [0.2, 0.25) is 0 Å². The molecule has 0 saturated heterocycles. The van der Waals surface area contributed by atoms with Crippen LogP contribution in [0, 0.1) is 17.0 Å². The molecule has 0 fully saturated rings. The second kappa shape index (κ2) is 3.48. The van der Waals surface area contributed by atoms with Gasteiger partial charge in [0.25, 0.3) is 5.69 Å². The number of rotatable bonds is 2.